The normalized spacial score (nSPS) is 20.9. The summed E-state index contributed by atoms with van der Waals surface area (Å²) < 4.78 is 13.7. The molecule has 0 amide bonds. The Labute approximate surface area is 123 Å². The van der Waals surface area contributed by atoms with Gasteiger partial charge in [0, 0.05) is 6.04 Å². The van der Waals surface area contributed by atoms with Gasteiger partial charge in [-0.05, 0) is 73.7 Å². The van der Waals surface area contributed by atoms with Crippen molar-refractivity contribution >= 4 is 0 Å². The van der Waals surface area contributed by atoms with Gasteiger partial charge in [0.05, 0.1) is 0 Å². The predicted molar refractivity (Wildman–Crippen MR) is 83.3 cm³/mol. The number of nitrogens with one attached hydrogen (secondary N) is 1. The first-order valence-electron chi connectivity index (χ1n) is 7.92. The maximum Gasteiger partial charge on any atom is 0.123 e. The summed E-state index contributed by atoms with van der Waals surface area (Å²) in [6, 6.07) is 5.75. The van der Waals surface area contributed by atoms with Crippen LogP contribution in [0, 0.1) is 24.1 Å². The number of aryl methyl sites for hydroxylation is 1. The second-order valence-corrected chi connectivity index (χ2v) is 7.10. The molecule has 1 aliphatic carbocycles. The van der Waals surface area contributed by atoms with Gasteiger partial charge in [0.2, 0.25) is 0 Å². The molecule has 1 nitrogen and oxygen atoms in total. The molecule has 1 N–H and O–H groups in total. The molecule has 0 aromatic heterocycles. The average molecular weight is 277 g/mol. The van der Waals surface area contributed by atoms with Crippen molar-refractivity contribution in [2.75, 3.05) is 6.54 Å². The van der Waals surface area contributed by atoms with Crippen molar-refractivity contribution in [2.45, 2.75) is 59.4 Å². The van der Waals surface area contributed by atoms with Crippen molar-refractivity contribution in [1.29, 1.82) is 0 Å². The molecule has 0 heterocycles. The van der Waals surface area contributed by atoms with Crippen molar-refractivity contribution in [2.24, 2.45) is 11.3 Å². The maximum absolute atomic E-state index is 13.7. The van der Waals surface area contributed by atoms with Crippen LogP contribution in [0.2, 0.25) is 0 Å². The van der Waals surface area contributed by atoms with Crippen LogP contribution >= 0.6 is 0 Å². The Kier molecular flexibility index (Phi) is 4.85. The zero-order chi connectivity index (χ0) is 14.8. The number of hydrogen-bond donors (Lipinski definition) is 1. The molecule has 1 atom stereocenters. The zero-order valence-corrected chi connectivity index (χ0v) is 13.3. The summed E-state index contributed by atoms with van der Waals surface area (Å²) in [5.41, 5.74) is 2.61. The lowest BCUT2D eigenvalue weighted by atomic mass is 9.70. The van der Waals surface area contributed by atoms with Gasteiger partial charge >= 0.3 is 0 Å². The number of rotatable bonds is 4. The first-order chi connectivity index (χ1) is 9.41. The molecule has 0 aliphatic heterocycles. The molecular weight excluding hydrogens is 249 g/mol. The van der Waals surface area contributed by atoms with Crippen molar-refractivity contribution < 1.29 is 4.39 Å². The predicted octanol–water partition coefficient (Wildman–Crippen LogP) is 5.00. The Morgan fingerprint density at radius 2 is 1.90 bits per heavy atom. The van der Waals surface area contributed by atoms with Gasteiger partial charge in [-0.1, -0.05) is 26.8 Å². The van der Waals surface area contributed by atoms with Crippen LogP contribution in [0.25, 0.3) is 0 Å². The Balaban J connectivity index is 2.18. The molecule has 1 aromatic rings. The van der Waals surface area contributed by atoms with E-state index in [0.29, 0.717) is 17.4 Å². The van der Waals surface area contributed by atoms with E-state index in [-0.39, 0.29) is 5.82 Å². The quantitative estimate of drug-likeness (QED) is 0.816. The third kappa shape index (κ3) is 3.82. The third-order valence-corrected chi connectivity index (χ3v) is 4.70. The van der Waals surface area contributed by atoms with Crippen molar-refractivity contribution in [1.82, 2.24) is 5.32 Å². The maximum atomic E-state index is 13.7. The molecular formula is C18H28FN. The minimum Gasteiger partial charge on any atom is -0.310 e. The van der Waals surface area contributed by atoms with Crippen molar-refractivity contribution in [3.8, 4) is 0 Å². The SMILES string of the molecule is CCNC(c1cc(C)cc(F)c1)C1CCC(C)(C)CC1. The summed E-state index contributed by atoms with van der Waals surface area (Å²) in [6.45, 7) is 9.75. The zero-order valence-electron chi connectivity index (χ0n) is 13.3. The second kappa shape index (κ2) is 6.26. The Bertz CT molecular complexity index is 422. The minimum atomic E-state index is -0.112. The van der Waals surface area contributed by atoms with E-state index in [4.69, 9.17) is 0 Å². The van der Waals surface area contributed by atoms with Crippen LogP contribution < -0.4 is 5.32 Å². The summed E-state index contributed by atoms with van der Waals surface area (Å²) in [5, 5.41) is 3.58. The highest BCUT2D eigenvalue weighted by molar-refractivity contribution is 5.27. The molecule has 112 valence electrons. The van der Waals surface area contributed by atoms with Gasteiger partial charge in [0.1, 0.15) is 5.82 Å². The van der Waals surface area contributed by atoms with E-state index in [9.17, 15) is 4.39 Å². The fourth-order valence-electron chi connectivity index (χ4n) is 3.48. The molecule has 0 bridgehead atoms. The van der Waals surface area contributed by atoms with E-state index < -0.39 is 0 Å². The largest absolute Gasteiger partial charge is 0.310 e. The lowest BCUT2D eigenvalue weighted by molar-refractivity contribution is 0.162. The Morgan fingerprint density at radius 3 is 2.45 bits per heavy atom. The topological polar surface area (TPSA) is 12.0 Å². The second-order valence-electron chi connectivity index (χ2n) is 7.10. The first-order valence-corrected chi connectivity index (χ1v) is 7.92. The molecule has 0 spiro atoms. The molecule has 2 rings (SSSR count). The summed E-state index contributed by atoms with van der Waals surface area (Å²) in [4.78, 5) is 0. The Morgan fingerprint density at radius 1 is 1.25 bits per heavy atom. The fourth-order valence-corrected chi connectivity index (χ4v) is 3.48. The molecule has 1 aliphatic rings. The van der Waals surface area contributed by atoms with Gasteiger partial charge in [-0.15, -0.1) is 0 Å². The highest BCUT2D eigenvalue weighted by Gasteiger charge is 2.31. The smallest absolute Gasteiger partial charge is 0.123 e. The van der Waals surface area contributed by atoms with Crippen LogP contribution in [-0.4, -0.2) is 6.54 Å². The van der Waals surface area contributed by atoms with Gasteiger partial charge in [0.25, 0.3) is 0 Å². The van der Waals surface area contributed by atoms with Gasteiger partial charge in [0.15, 0.2) is 0 Å². The van der Waals surface area contributed by atoms with Crippen LogP contribution in [0.1, 0.15) is 63.6 Å². The van der Waals surface area contributed by atoms with Gasteiger partial charge in [-0.25, -0.2) is 4.39 Å². The number of halogens is 1. The van der Waals surface area contributed by atoms with Gasteiger partial charge < -0.3 is 5.32 Å². The molecule has 0 saturated heterocycles. The average Bonchev–Trinajstić information content (AvgIpc) is 2.35. The standard InChI is InChI=1S/C18H28FN/c1-5-20-17(14-6-8-18(3,4)9-7-14)15-10-13(2)11-16(19)12-15/h10-12,14,17,20H,5-9H2,1-4H3. The highest BCUT2D eigenvalue weighted by atomic mass is 19.1. The van der Waals surface area contributed by atoms with E-state index in [0.717, 1.165) is 17.7 Å². The number of hydrogen-bond acceptors (Lipinski definition) is 1. The molecule has 2 heteroatoms. The fraction of sp³-hybridized carbons (Fsp3) is 0.667. The molecule has 1 fully saturated rings. The Hall–Kier alpha value is -0.890. The lowest BCUT2D eigenvalue weighted by Crippen LogP contribution is -2.33. The molecule has 1 saturated carbocycles. The lowest BCUT2D eigenvalue weighted by Gasteiger charge is -2.38. The van der Waals surface area contributed by atoms with Crippen LogP contribution in [0.3, 0.4) is 0 Å². The number of benzene rings is 1. The van der Waals surface area contributed by atoms with Crippen molar-refractivity contribution in [3.63, 3.8) is 0 Å². The van der Waals surface area contributed by atoms with Crippen LogP contribution in [0.15, 0.2) is 18.2 Å². The summed E-state index contributed by atoms with van der Waals surface area (Å²) in [6.07, 6.45) is 5.02. The highest BCUT2D eigenvalue weighted by Crippen LogP contribution is 2.42. The third-order valence-electron chi connectivity index (χ3n) is 4.70. The van der Waals surface area contributed by atoms with E-state index in [2.05, 4.69) is 32.2 Å². The van der Waals surface area contributed by atoms with Crippen molar-refractivity contribution in [3.05, 3.63) is 35.1 Å². The summed E-state index contributed by atoms with van der Waals surface area (Å²) in [5.74, 6) is 0.517. The van der Waals surface area contributed by atoms with E-state index in [1.165, 1.54) is 25.7 Å². The van der Waals surface area contributed by atoms with Crippen LogP contribution in [-0.2, 0) is 0 Å². The van der Waals surface area contributed by atoms with Gasteiger partial charge in [-0.3, -0.25) is 0 Å². The molecule has 1 aromatic carbocycles. The first kappa shape index (κ1) is 15.5. The summed E-state index contributed by atoms with van der Waals surface area (Å²) >= 11 is 0. The van der Waals surface area contributed by atoms with E-state index in [1.807, 2.05) is 6.92 Å². The van der Waals surface area contributed by atoms with E-state index >= 15 is 0 Å². The van der Waals surface area contributed by atoms with Crippen LogP contribution in [0.5, 0.6) is 0 Å². The minimum absolute atomic E-state index is 0.112. The molecule has 0 radical (unpaired) electrons. The molecule has 20 heavy (non-hydrogen) atoms. The molecule has 1 unspecified atom stereocenters. The van der Waals surface area contributed by atoms with Crippen LogP contribution in [0.4, 0.5) is 4.39 Å². The van der Waals surface area contributed by atoms with E-state index in [1.54, 1.807) is 12.1 Å². The summed E-state index contributed by atoms with van der Waals surface area (Å²) in [7, 11) is 0. The van der Waals surface area contributed by atoms with Gasteiger partial charge in [-0.2, -0.15) is 0 Å². The monoisotopic (exact) mass is 277 g/mol.